The summed E-state index contributed by atoms with van der Waals surface area (Å²) in [6.07, 6.45) is 2.03. The minimum Gasteiger partial charge on any atom is -0.385 e. The molecule has 0 bridgehead atoms. The predicted octanol–water partition coefficient (Wildman–Crippen LogP) is 2.61. The van der Waals surface area contributed by atoms with Gasteiger partial charge >= 0.3 is 0 Å². The third-order valence-corrected chi connectivity index (χ3v) is 1.99. The van der Waals surface area contributed by atoms with Gasteiger partial charge in [-0.3, -0.25) is 0 Å². The first-order valence-electron chi connectivity index (χ1n) is 4.15. The lowest BCUT2D eigenvalue weighted by molar-refractivity contribution is 0.0603. The van der Waals surface area contributed by atoms with Gasteiger partial charge in [-0.05, 0) is 31.0 Å². The maximum Gasteiger partial charge on any atom is 0.123 e. The van der Waals surface area contributed by atoms with Gasteiger partial charge in [0.25, 0.3) is 0 Å². The summed E-state index contributed by atoms with van der Waals surface area (Å²) in [5.41, 5.74) is -0.448. The molecule has 1 N–H and O–H groups in total. The van der Waals surface area contributed by atoms with E-state index in [2.05, 4.69) is 6.58 Å². The Bertz CT molecular complexity index is 305. The molecule has 0 fully saturated rings. The lowest BCUT2D eigenvalue weighted by atomic mass is 9.93. The van der Waals surface area contributed by atoms with Gasteiger partial charge < -0.3 is 5.11 Å². The van der Waals surface area contributed by atoms with E-state index in [4.69, 9.17) is 0 Å². The van der Waals surface area contributed by atoms with Crippen molar-refractivity contribution in [1.29, 1.82) is 0 Å². The summed E-state index contributed by atoms with van der Waals surface area (Å²) in [6.45, 7) is 5.18. The highest BCUT2D eigenvalue weighted by Gasteiger charge is 2.21. The standard InChI is InChI=1S/C11H13FO/c1-3-7-11(2,13)9-5-4-6-10(12)8-9/h3-6,8,13H,1,7H2,2H3/t11-/m0/s1. The SMILES string of the molecule is C=CC[C@](C)(O)c1cccc(F)c1. The molecule has 0 amide bonds. The molecule has 0 saturated carbocycles. The molecule has 0 aliphatic carbocycles. The van der Waals surface area contributed by atoms with Crippen LogP contribution in [0.1, 0.15) is 18.9 Å². The van der Waals surface area contributed by atoms with Gasteiger partial charge in [-0.2, -0.15) is 0 Å². The second-order valence-corrected chi connectivity index (χ2v) is 3.28. The van der Waals surface area contributed by atoms with E-state index in [-0.39, 0.29) is 5.82 Å². The van der Waals surface area contributed by atoms with E-state index in [9.17, 15) is 9.50 Å². The number of aliphatic hydroxyl groups is 1. The van der Waals surface area contributed by atoms with Gasteiger partial charge in [-0.1, -0.05) is 18.2 Å². The average molecular weight is 180 g/mol. The zero-order valence-electron chi connectivity index (χ0n) is 7.63. The summed E-state index contributed by atoms with van der Waals surface area (Å²) in [6, 6.07) is 5.98. The van der Waals surface area contributed by atoms with Crippen LogP contribution in [0.25, 0.3) is 0 Å². The van der Waals surface area contributed by atoms with Crippen LogP contribution in [0.5, 0.6) is 0 Å². The van der Waals surface area contributed by atoms with Crippen molar-refractivity contribution in [1.82, 2.24) is 0 Å². The quantitative estimate of drug-likeness (QED) is 0.709. The van der Waals surface area contributed by atoms with Gasteiger partial charge in [0.1, 0.15) is 5.82 Å². The Morgan fingerprint density at radius 3 is 2.85 bits per heavy atom. The fourth-order valence-corrected chi connectivity index (χ4v) is 1.22. The first-order valence-corrected chi connectivity index (χ1v) is 4.15. The van der Waals surface area contributed by atoms with Crippen LogP contribution in [0.4, 0.5) is 4.39 Å². The third-order valence-electron chi connectivity index (χ3n) is 1.99. The van der Waals surface area contributed by atoms with Crippen molar-refractivity contribution >= 4 is 0 Å². The number of halogens is 1. The molecule has 13 heavy (non-hydrogen) atoms. The molecule has 1 aromatic carbocycles. The van der Waals surface area contributed by atoms with Crippen molar-refractivity contribution in [2.75, 3.05) is 0 Å². The Labute approximate surface area is 77.5 Å². The van der Waals surface area contributed by atoms with E-state index < -0.39 is 5.60 Å². The van der Waals surface area contributed by atoms with Crippen LogP contribution in [0.2, 0.25) is 0 Å². The monoisotopic (exact) mass is 180 g/mol. The lowest BCUT2D eigenvalue weighted by Gasteiger charge is -2.21. The molecule has 0 heterocycles. The van der Waals surface area contributed by atoms with E-state index in [1.54, 1.807) is 25.1 Å². The predicted molar refractivity (Wildman–Crippen MR) is 50.8 cm³/mol. The highest BCUT2D eigenvalue weighted by Crippen LogP contribution is 2.24. The summed E-state index contributed by atoms with van der Waals surface area (Å²) >= 11 is 0. The van der Waals surface area contributed by atoms with E-state index >= 15 is 0 Å². The number of benzene rings is 1. The van der Waals surface area contributed by atoms with Gasteiger partial charge in [0.2, 0.25) is 0 Å². The van der Waals surface area contributed by atoms with Crippen LogP contribution in [0, 0.1) is 5.82 Å². The molecular weight excluding hydrogens is 167 g/mol. The zero-order valence-corrected chi connectivity index (χ0v) is 7.63. The minimum atomic E-state index is -1.02. The molecule has 0 aliphatic heterocycles. The second-order valence-electron chi connectivity index (χ2n) is 3.28. The molecule has 1 nitrogen and oxygen atoms in total. The lowest BCUT2D eigenvalue weighted by Crippen LogP contribution is -2.19. The molecule has 0 spiro atoms. The molecule has 1 rings (SSSR count). The Balaban J connectivity index is 2.99. The Morgan fingerprint density at radius 1 is 1.62 bits per heavy atom. The number of hydrogen-bond acceptors (Lipinski definition) is 1. The van der Waals surface area contributed by atoms with Crippen molar-refractivity contribution in [3.05, 3.63) is 48.3 Å². The first kappa shape index (κ1) is 9.93. The van der Waals surface area contributed by atoms with Gasteiger partial charge in [-0.15, -0.1) is 6.58 Å². The highest BCUT2D eigenvalue weighted by atomic mass is 19.1. The highest BCUT2D eigenvalue weighted by molar-refractivity contribution is 5.23. The molecule has 1 aromatic rings. The summed E-state index contributed by atoms with van der Waals surface area (Å²) in [4.78, 5) is 0. The fraction of sp³-hybridized carbons (Fsp3) is 0.273. The van der Waals surface area contributed by atoms with Crippen molar-refractivity contribution in [2.45, 2.75) is 18.9 Å². The molecule has 2 heteroatoms. The molecule has 0 saturated heterocycles. The molecule has 0 aliphatic rings. The molecular formula is C11H13FO. The van der Waals surface area contributed by atoms with Crippen LogP contribution in [-0.4, -0.2) is 5.11 Å². The van der Waals surface area contributed by atoms with Crippen LogP contribution >= 0.6 is 0 Å². The van der Waals surface area contributed by atoms with Gasteiger partial charge in [0.15, 0.2) is 0 Å². The average Bonchev–Trinajstić information content (AvgIpc) is 2.04. The molecule has 0 aromatic heterocycles. The zero-order chi connectivity index (χ0) is 9.90. The summed E-state index contributed by atoms with van der Waals surface area (Å²) in [5.74, 6) is -0.332. The van der Waals surface area contributed by atoms with Crippen LogP contribution < -0.4 is 0 Å². The maximum atomic E-state index is 12.8. The number of hydrogen-bond donors (Lipinski definition) is 1. The van der Waals surface area contributed by atoms with Crippen molar-refractivity contribution in [2.24, 2.45) is 0 Å². The first-order chi connectivity index (χ1) is 6.06. The van der Waals surface area contributed by atoms with E-state index in [0.717, 1.165) is 0 Å². The molecule has 70 valence electrons. The normalized spacial score (nSPS) is 15.0. The van der Waals surface area contributed by atoms with E-state index in [1.165, 1.54) is 12.1 Å². The maximum absolute atomic E-state index is 12.8. The van der Waals surface area contributed by atoms with Crippen LogP contribution in [-0.2, 0) is 5.60 Å². The smallest absolute Gasteiger partial charge is 0.123 e. The Kier molecular flexibility index (Phi) is 2.83. The number of rotatable bonds is 3. The van der Waals surface area contributed by atoms with E-state index in [1.807, 2.05) is 0 Å². The second kappa shape index (κ2) is 3.71. The molecule has 0 radical (unpaired) electrons. The van der Waals surface area contributed by atoms with Crippen LogP contribution in [0.3, 0.4) is 0 Å². The van der Waals surface area contributed by atoms with Gasteiger partial charge in [0.05, 0.1) is 5.60 Å². The van der Waals surface area contributed by atoms with Crippen LogP contribution in [0.15, 0.2) is 36.9 Å². The Hall–Kier alpha value is -1.15. The van der Waals surface area contributed by atoms with Crippen molar-refractivity contribution in [3.63, 3.8) is 0 Å². The minimum absolute atomic E-state index is 0.332. The molecule has 0 unspecified atom stereocenters. The summed E-state index contributed by atoms with van der Waals surface area (Å²) in [5, 5.41) is 9.87. The van der Waals surface area contributed by atoms with Crippen molar-refractivity contribution in [3.8, 4) is 0 Å². The topological polar surface area (TPSA) is 20.2 Å². The van der Waals surface area contributed by atoms with Gasteiger partial charge in [0, 0.05) is 0 Å². The largest absolute Gasteiger partial charge is 0.385 e. The van der Waals surface area contributed by atoms with Crippen molar-refractivity contribution < 1.29 is 9.50 Å². The molecule has 1 atom stereocenters. The Morgan fingerprint density at radius 2 is 2.31 bits per heavy atom. The summed E-state index contributed by atoms with van der Waals surface area (Å²) < 4.78 is 12.8. The summed E-state index contributed by atoms with van der Waals surface area (Å²) in [7, 11) is 0. The third kappa shape index (κ3) is 2.39. The fourth-order valence-electron chi connectivity index (χ4n) is 1.22. The van der Waals surface area contributed by atoms with Gasteiger partial charge in [-0.25, -0.2) is 4.39 Å². The van der Waals surface area contributed by atoms with E-state index in [0.29, 0.717) is 12.0 Å².